The number of rotatable bonds is 5. The first-order valence-electron chi connectivity index (χ1n) is 9.98. The Morgan fingerprint density at radius 2 is 1.81 bits per heavy atom. The van der Waals surface area contributed by atoms with Gasteiger partial charge in [0, 0.05) is 47.9 Å². The lowest BCUT2D eigenvalue weighted by atomic mass is 10.0. The van der Waals surface area contributed by atoms with Crippen molar-refractivity contribution in [1.29, 1.82) is 0 Å². The molecular weight excluding hydrogens is 406 g/mol. The molecule has 1 aliphatic rings. The van der Waals surface area contributed by atoms with E-state index in [-0.39, 0.29) is 12.1 Å². The second-order valence-electron chi connectivity index (χ2n) is 7.21. The van der Waals surface area contributed by atoms with Gasteiger partial charge < -0.3 is 19.5 Å². The highest BCUT2D eigenvalue weighted by Gasteiger charge is 2.42. The minimum atomic E-state index is -0.115. The Morgan fingerprint density at radius 1 is 0.935 bits per heavy atom. The molecule has 1 aromatic carbocycles. The first-order chi connectivity index (χ1) is 15.3. The van der Waals surface area contributed by atoms with Crippen molar-refractivity contribution < 1.29 is 4.74 Å². The van der Waals surface area contributed by atoms with Crippen molar-refractivity contribution in [3.8, 4) is 11.4 Å². The minimum absolute atomic E-state index is 0.113. The van der Waals surface area contributed by atoms with E-state index in [4.69, 9.17) is 17.0 Å². The van der Waals surface area contributed by atoms with Gasteiger partial charge in [0.2, 0.25) is 0 Å². The standard InChI is InChI=1S/C24H21N5OS/c1-30-19-7-4-6-18(16-19)29-23(22(27-24(29)31)20-8-2-3-12-26-20)21-9-5-15-28(21)17-10-13-25-14-11-17/h2-16,22-23H,1H3,(H,27,31)/t22-,23-/m0/s1. The van der Waals surface area contributed by atoms with Crippen molar-refractivity contribution in [2.75, 3.05) is 12.0 Å². The zero-order valence-electron chi connectivity index (χ0n) is 16.9. The maximum absolute atomic E-state index is 5.82. The summed E-state index contributed by atoms with van der Waals surface area (Å²) in [7, 11) is 1.67. The summed E-state index contributed by atoms with van der Waals surface area (Å²) in [6.45, 7) is 0. The highest BCUT2D eigenvalue weighted by molar-refractivity contribution is 7.80. The summed E-state index contributed by atoms with van der Waals surface area (Å²) in [5.74, 6) is 0.782. The van der Waals surface area contributed by atoms with Crippen LogP contribution in [0.15, 0.2) is 91.5 Å². The van der Waals surface area contributed by atoms with Crippen molar-refractivity contribution in [2.24, 2.45) is 0 Å². The Kier molecular flexibility index (Phi) is 5.09. The number of hydrogen-bond donors (Lipinski definition) is 1. The normalized spacial score (nSPS) is 18.1. The van der Waals surface area contributed by atoms with Crippen LogP contribution in [0.4, 0.5) is 5.69 Å². The molecule has 5 rings (SSSR count). The average Bonchev–Trinajstić information content (AvgIpc) is 3.44. The van der Waals surface area contributed by atoms with Crippen LogP contribution in [0.5, 0.6) is 5.75 Å². The molecule has 4 heterocycles. The zero-order valence-corrected chi connectivity index (χ0v) is 17.7. The van der Waals surface area contributed by atoms with Crippen molar-refractivity contribution in [3.63, 3.8) is 0 Å². The summed E-state index contributed by atoms with van der Waals surface area (Å²) < 4.78 is 7.64. The molecule has 31 heavy (non-hydrogen) atoms. The molecule has 1 N–H and O–H groups in total. The fraction of sp³-hybridized carbons (Fsp3) is 0.125. The lowest BCUT2D eigenvalue weighted by molar-refractivity contribution is 0.414. The second kappa shape index (κ2) is 8.20. The van der Waals surface area contributed by atoms with E-state index in [9.17, 15) is 0 Å². The van der Waals surface area contributed by atoms with Gasteiger partial charge in [0.1, 0.15) is 11.8 Å². The molecule has 7 heteroatoms. The molecule has 0 spiro atoms. The van der Waals surface area contributed by atoms with Crippen molar-refractivity contribution >= 4 is 23.0 Å². The largest absolute Gasteiger partial charge is 0.497 e. The van der Waals surface area contributed by atoms with E-state index in [1.54, 1.807) is 19.5 Å². The Morgan fingerprint density at radius 3 is 2.58 bits per heavy atom. The Hall–Kier alpha value is -3.71. The van der Waals surface area contributed by atoms with Crippen molar-refractivity contribution in [2.45, 2.75) is 12.1 Å². The van der Waals surface area contributed by atoms with E-state index in [1.165, 1.54) is 0 Å². The van der Waals surface area contributed by atoms with Gasteiger partial charge in [-0.15, -0.1) is 0 Å². The number of pyridine rings is 2. The molecule has 3 aromatic heterocycles. The highest BCUT2D eigenvalue weighted by atomic mass is 32.1. The number of anilines is 1. The third-order valence-electron chi connectivity index (χ3n) is 5.45. The van der Waals surface area contributed by atoms with Gasteiger partial charge in [-0.3, -0.25) is 9.97 Å². The topological polar surface area (TPSA) is 55.2 Å². The van der Waals surface area contributed by atoms with E-state index in [0.29, 0.717) is 5.11 Å². The molecule has 0 bridgehead atoms. The molecule has 1 aliphatic heterocycles. The Balaban J connectivity index is 1.67. The van der Waals surface area contributed by atoms with Gasteiger partial charge in [0.05, 0.1) is 18.8 Å². The van der Waals surface area contributed by atoms with Gasteiger partial charge in [0.25, 0.3) is 0 Å². The van der Waals surface area contributed by atoms with Crippen LogP contribution in [0, 0.1) is 0 Å². The number of methoxy groups -OCH3 is 1. The molecule has 1 fully saturated rings. The van der Waals surface area contributed by atoms with E-state index >= 15 is 0 Å². The minimum Gasteiger partial charge on any atom is -0.497 e. The van der Waals surface area contributed by atoms with Crippen LogP contribution in [0.25, 0.3) is 5.69 Å². The lowest BCUT2D eigenvalue weighted by Gasteiger charge is -2.29. The monoisotopic (exact) mass is 427 g/mol. The van der Waals surface area contributed by atoms with E-state index in [1.807, 2.05) is 60.8 Å². The molecular formula is C24H21N5OS. The number of benzene rings is 1. The molecule has 0 saturated carbocycles. The molecule has 0 aliphatic carbocycles. The molecule has 0 unspecified atom stereocenters. The summed E-state index contributed by atoms with van der Waals surface area (Å²) in [6.07, 6.45) is 7.47. The molecule has 0 amide bonds. The number of aromatic nitrogens is 3. The first kappa shape index (κ1) is 19.3. The van der Waals surface area contributed by atoms with E-state index in [0.717, 1.165) is 28.5 Å². The van der Waals surface area contributed by atoms with Gasteiger partial charge >= 0.3 is 0 Å². The molecule has 1 saturated heterocycles. The SMILES string of the molecule is COc1cccc(N2C(=S)N[C@@H](c3ccccn3)[C@@H]2c2cccn2-c2ccncc2)c1. The maximum atomic E-state index is 5.82. The highest BCUT2D eigenvalue weighted by Crippen LogP contribution is 2.42. The summed E-state index contributed by atoms with van der Waals surface area (Å²) >= 11 is 5.82. The maximum Gasteiger partial charge on any atom is 0.174 e. The Bertz CT molecular complexity index is 1190. The van der Waals surface area contributed by atoms with Crippen LogP contribution < -0.4 is 15.0 Å². The fourth-order valence-corrected chi connectivity index (χ4v) is 4.41. The average molecular weight is 428 g/mol. The van der Waals surface area contributed by atoms with Crippen LogP contribution in [0.3, 0.4) is 0 Å². The van der Waals surface area contributed by atoms with Crippen LogP contribution in [0.1, 0.15) is 23.5 Å². The third kappa shape index (κ3) is 3.53. The quantitative estimate of drug-likeness (QED) is 0.475. The molecule has 0 radical (unpaired) electrons. The second-order valence-corrected chi connectivity index (χ2v) is 7.59. The summed E-state index contributed by atoms with van der Waals surface area (Å²) in [5, 5.41) is 4.15. The first-order valence-corrected chi connectivity index (χ1v) is 10.4. The van der Waals surface area contributed by atoms with Crippen molar-refractivity contribution in [3.05, 3.63) is 103 Å². The Labute approximate surface area is 186 Å². The predicted octanol–water partition coefficient (Wildman–Crippen LogP) is 4.45. The zero-order chi connectivity index (χ0) is 21.2. The van der Waals surface area contributed by atoms with Gasteiger partial charge in [-0.1, -0.05) is 12.1 Å². The number of nitrogens with one attached hydrogen (secondary N) is 1. The van der Waals surface area contributed by atoms with Crippen LogP contribution in [0.2, 0.25) is 0 Å². The van der Waals surface area contributed by atoms with Crippen LogP contribution >= 0.6 is 12.2 Å². The predicted molar refractivity (Wildman–Crippen MR) is 124 cm³/mol. The van der Waals surface area contributed by atoms with E-state index in [2.05, 4.69) is 43.1 Å². The van der Waals surface area contributed by atoms with Gasteiger partial charge in [-0.25, -0.2) is 0 Å². The van der Waals surface area contributed by atoms with Crippen LogP contribution in [-0.4, -0.2) is 26.8 Å². The third-order valence-corrected chi connectivity index (χ3v) is 5.77. The summed E-state index contributed by atoms with van der Waals surface area (Å²) in [4.78, 5) is 10.9. The van der Waals surface area contributed by atoms with Crippen LogP contribution in [-0.2, 0) is 0 Å². The molecule has 6 nitrogen and oxygen atoms in total. The molecule has 2 atom stereocenters. The number of nitrogens with zero attached hydrogens (tertiary/aromatic N) is 4. The summed E-state index contributed by atoms with van der Waals surface area (Å²) in [6, 6.07) is 21.9. The van der Waals surface area contributed by atoms with Crippen molar-refractivity contribution in [1.82, 2.24) is 19.9 Å². The number of ether oxygens (including phenoxy) is 1. The molecule has 4 aromatic rings. The smallest absolute Gasteiger partial charge is 0.174 e. The van der Waals surface area contributed by atoms with Gasteiger partial charge in [-0.2, -0.15) is 0 Å². The van der Waals surface area contributed by atoms with Gasteiger partial charge in [-0.05, 0) is 60.7 Å². The summed E-state index contributed by atoms with van der Waals surface area (Å²) in [5.41, 5.74) is 4.03. The number of hydrogen-bond acceptors (Lipinski definition) is 4. The fourth-order valence-electron chi connectivity index (χ4n) is 4.07. The number of thiocarbonyl (C=S) groups is 1. The molecule has 154 valence electrons. The lowest BCUT2D eigenvalue weighted by Crippen LogP contribution is -2.30. The van der Waals surface area contributed by atoms with Gasteiger partial charge in [0.15, 0.2) is 5.11 Å². The van der Waals surface area contributed by atoms with E-state index < -0.39 is 0 Å².